The molecule has 0 aromatic rings. The zero-order chi connectivity index (χ0) is 13.4. The van der Waals surface area contributed by atoms with E-state index >= 15 is 0 Å². The summed E-state index contributed by atoms with van der Waals surface area (Å²) in [6.07, 6.45) is 1.66. The maximum Gasteiger partial charge on any atom is 0.305 e. The summed E-state index contributed by atoms with van der Waals surface area (Å²) in [6, 6.07) is 0. The van der Waals surface area contributed by atoms with Crippen LogP contribution in [0.1, 0.15) is 47.0 Å². The van der Waals surface area contributed by atoms with Gasteiger partial charge in [0.05, 0.1) is 6.42 Å². The molecule has 0 unspecified atom stereocenters. The van der Waals surface area contributed by atoms with Crippen molar-refractivity contribution >= 4 is 11.9 Å². The Kier molecular flexibility index (Phi) is 7.59. The summed E-state index contributed by atoms with van der Waals surface area (Å²) in [6.45, 7) is 9.03. The third-order valence-corrected chi connectivity index (χ3v) is 2.83. The van der Waals surface area contributed by atoms with Crippen LogP contribution in [0.3, 0.4) is 0 Å². The summed E-state index contributed by atoms with van der Waals surface area (Å²) < 4.78 is 0. The second-order valence-electron chi connectivity index (χ2n) is 4.84. The van der Waals surface area contributed by atoms with Crippen LogP contribution in [-0.2, 0) is 9.59 Å². The zero-order valence-corrected chi connectivity index (χ0v) is 11.4. The van der Waals surface area contributed by atoms with E-state index < -0.39 is 5.97 Å². The summed E-state index contributed by atoms with van der Waals surface area (Å²) in [5.74, 6) is -0.356. The van der Waals surface area contributed by atoms with Gasteiger partial charge in [-0.1, -0.05) is 27.7 Å². The van der Waals surface area contributed by atoms with E-state index in [1.54, 1.807) is 4.90 Å². The van der Waals surface area contributed by atoms with Crippen LogP contribution in [0, 0.1) is 11.8 Å². The van der Waals surface area contributed by atoms with Gasteiger partial charge in [0.25, 0.3) is 0 Å². The van der Waals surface area contributed by atoms with E-state index in [1.165, 1.54) is 0 Å². The molecule has 0 aromatic carbocycles. The summed E-state index contributed by atoms with van der Waals surface area (Å²) >= 11 is 0. The van der Waals surface area contributed by atoms with Crippen molar-refractivity contribution in [3.05, 3.63) is 0 Å². The van der Waals surface area contributed by atoms with Crippen molar-refractivity contribution in [3.8, 4) is 0 Å². The number of carbonyl (C=O) groups is 2. The van der Waals surface area contributed by atoms with E-state index in [4.69, 9.17) is 5.11 Å². The van der Waals surface area contributed by atoms with Gasteiger partial charge in [-0.05, 0) is 18.8 Å². The van der Waals surface area contributed by atoms with Crippen molar-refractivity contribution in [1.82, 2.24) is 4.90 Å². The summed E-state index contributed by atoms with van der Waals surface area (Å²) in [5.41, 5.74) is 0. The lowest BCUT2D eigenvalue weighted by atomic mass is 10.0. The third kappa shape index (κ3) is 6.29. The largest absolute Gasteiger partial charge is 0.481 e. The monoisotopic (exact) mass is 243 g/mol. The van der Waals surface area contributed by atoms with Crippen LogP contribution in [0.4, 0.5) is 0 Å². The molecule has 4 heteroatoms. The molecular weight excluding hydrogens is 218 g/mol. The topological polar surface area (TPSA) is 57.6 Å². The second kappa shape index (κ2) is 8.09. The van der Waals surface area contributed by atoms with E-state index in [-0.39, 0.29) is 18.2 Å². The Morgan fingerprint density at radius 2 is 1.71 bits per heavy atom. The van der Waals surface area contributed by atoms with Crippen LogP contribution in [-0.4, -0.2) is 35.0 Å². The lowest BCUT2D eigenvalue weighted by molar-refractivity contribution is -0.140. The van der Waals surface area contributed by atoms with Crippen molar-refractivity contribution in [2.75, 3.05) is 13.1 Å². The molecular formula is C13H25NO3. The maximum absolute atomic E-state index is 12.2. The molecule has 0 saturated heterocycles. The molecule has 0 rings (SSSR count). The Morgan fingerprint density at radius 3 is 2.06 bits per heavy atom. The van der Waals surface area contributed by atoms with Crippen LogP contribution < -0.4 is 0 Å². The highest BCUT2D eigenvalue weighted by molar-refractivity contribution is 5.79. The highest BCUT2D eigenvalue weighted by Crippen LogP contribution is 2.13. The number of carboxylic acid groups (broad SMARTS) is 1. The number of hydrogen-bond acceptors (Lipinski definition) is 2. The Morgan fingerprint density at radius 1 is 1.18 bits per heavy atom. The molecule has 0 aliphatic heterocycles. The average Bonchev–Trinajstić information content (AvgIpc) is 2.25. The molecule has 0 aromatic heterocycles. The molecule has 0 aliphatic carbocycles. The van der Waals surface area contributed by atoms with Crippen LogP contribution in [0.2, 0.25) is 0 Å². The van der Waals surface area contributed by atoms with Crippen molar-refractivity contribution < 1.29 is 14.7 Å². The van der Waals surface area contributed by atoms with Gasteiger partial charge >= 0.3 is 5.97 Å². The lowest BCUT2D eigenvalue weighted by Gasteiger charge is -2.27. The predicted molar refractivity (Wildman–Crippen MR) is 67.7 cm³/mol. The van der Waals surface area contributed by atoms with Crippen molar-refractivity contribution in [2.45, 2.75) is 47.0 Å². The Hall–Kier alpha value is -1.06. The van der Waals surface area contributed by atoms with Gasteiger partial charge in [0.1, 0.15) is 0 Å². The molecule has 1 N–H and O–H groups in total. The third-order valence-electron chi connectivity index (χ3n) is 2.83. The summed E-state index contributed by atoms with van der Waals surface area (Å²) in [4.78, 5) is 24.5. The number of carbonyl (C=O) groups excluding carboxylic acids is 1. The number of aliphatic carboxylic acids is 1. The van der Waals surface area contributed by atoms with Crippen molar-refractivity contribution in [3.63, 3.8) is 0 Å². The smallest absolute Gasteiger partial charge is 0.305 e. The van der Waals surface area contributed by atoms with E-state index in [0.717, 1.165) is 12.8 Å². The molecule has 0 radical (unpaired) electrons. The average molecular weight is 243 g/mol. The Labute approximate surface area is 104 Å². The number of rotatable bonds is 8. The standard InChI is InChI=1S/C13H25NO3/c1-5-11(6-2)13(17)14(9-10(3)4)8-7-12(15)16/h10-11H,5-9H2,1-4H3,(H,15,16). The Bertz CT molecular complexity index is 247. The normalized spacial score (nSPS) is 10.9. The number of amides is 1. The van der Waals surface area contributed by atoms with Crippen molar-refractivity contribution in [1.29, 1.82) is 0 Å². The fourth-order valence-electron chi connectivity index (χ4n) is 1.86. The van der Waals surface area contributed by atoms with E-state index in [0.29, 0.717) is 19.0 Å². The first-order valence-corrected chi connectivity index (χ1v) is 6.42. The quantitative estimate of drug-likeness (QED) is 0.712. The summed E-state index contributed by atoms with van der Waals surface area (Å²) in [5, 5.41) is 8.69. The number of carboxylic acids is 1. The molecule has 0 fully saturated rings. The first kappa shape index (κ1) is 15.9. The Balaban J connectivity index is 4.53. The van der Waals surface area contributed by atoms with Gasteiger partial charge in [0.2, 0.25) is 5.91 Å². The molecule has 4 nitrogen and oxygen atoms in total. The minimum absolute atomic E-state index is 0.0264. The van der Waals surface area contributed by atoms with Crippen LogP contribution >= 0.6 is 0 Å². The SMILES string of the molecule is CCC(CC)C(=O)N(CCC(=O)O)CC(C)C. The molecule has 17 heavy (non-hydrogen) atoms. The lowest BCUT2D eigenvalue weighted by Crippen LogP contribution is -2.39. The number of nitrogens with zero attached hydrogens (tertiary/aromatic N) is 1. The van der Waals surface area contributed by atoms with E-state index in [9.17, 15) is 9.59 Å². The minimum Gasteiger partial charge on any atom is -0.481 e. The second-order valence-corrected chi connectivity index (χ2v) is 4.84. The first-order chi connectivity index (χ1) is 7.92. The number of hydrogen-bond donors (Lipinski definition) is 1. The molecule has 0 spiro atoms. The molecule has 0 bridgehead atoms. The van der Waals surface area contributed by atoms with Crippen LogP contribution in [0.25, 0.3) is 0 Å². The highest BCUT2D eigenvalue weighted by atomic mass is 16.4. The molecule has 0 atom stereocenters. The van der Waals surface area contributed by atoms with E-state index in [2.05, 4.69) is 0 Å². The predicted octanol–water partition coefficient (Wildman–Crippen LogP) is 2.38. The maximum atomic E-state index is 12.2. The molecule has 1 amide bonds. The van der Waals surface area contributed by atoms with Crippen LogP contribution in [0.5, 0.6) is 0 Å². The summed E-state index contributed by atoms with van der Waals surface area (Å²) in [7, 11) is 0. The molecule has 0 aliphatic rings. The van der Waals surface area contributed by atoms with Gasteiger partial charge in [-0.15, -0.1) is 0 Å². The fourth-order valence-corrected chi connectivity index (χ4v) is 1.86. The fraction of sp³-hybridized carbons (Fsp3) is 0.846. The van der Waals surface area contributed by atoms with Gasteiger partial charge < -0.3 is 10.0 Å². The van der Waals surface area contributed by atoms with Crippen molar-refractivity contribution in [2.24, 2.45) is 11.8 Å². The first-order valence-electron chi connectivity index (χ1n) is 6.42. The van der Waals surface area contributed by atoms with Gasteiger partial charge in [-0.25, -0.2) is 0 Å². The molecule has 0 saturated carbocycles. The van der Waals surface area contributed by atoms with E-state index in [1.807, 2.05) is 27.7 Å². The van der Waals surface area contributed by atoms with Gasteiger partial charge in [0, 0.05) is 19.0 Å². The molecule has 0 heterocycles. The highest BCUT2D eigenvalue weighted by Gasteiger charge is 2.22. The van der Waals surface area contributed by atoms with Crippen LogP contribution in [0.15, 0.2) is 0 Å². The zero-order valence-electron chi connectivity index (χ0n) is 11.4. The molecule has 100 valence electrons. The minimum atomic E-state index is -0.851. The van der Waals surface area contributed by atoms with Gasteiger partial charge in [0.15, 0.2) is 0 Å². The van der Waals surface area contributed by atoms with Gasteiger partial charge in [-0.3, -0.25) is 9.59 Å². The van der Waals surface area contributed by atoms with Gasteiger partial charge in [-0.2, -0.15) is 0 Å².